The molecule has 0 N–H and O–H groups in total. The van der Waals surface area contributed by atoms with E-state index in [9.17, 15) is 0 Å². The van der Waals surface area contributed by atoms with Gasteiger partial charge in [0.2, 0.25) is 0 Å². The lowest BCUT2D eigenvalue weighted by Gasteiger charge is -2.14. The van der Waals surface area contributed by atoms with Crippen LogP contribution in [-0.4, -0.2) is 19.9 Å². The second-order valence-corrected chi connectivity index (χ2v) is 12.2. The highest BCUT2D eigenvalue weighted by molar-refractivity contribution is 6.19. The van der Waals surface area contributed by atoms with E-state index in [2.05, 4.69) is 54.6 Å². The molecular weight excluding hydrogens is 617 g/mol. The Kier molecular flexibility index (Phi) is 6.39. The van der Waals surface area contributed by atoms with Crippen LogP contribution in [0.3, 0.4) is 0 Å². The SMILES string of the molecule is c1ccc(-c2nc(-c3ccccc3)nc(-c3ccc(-c4c5oc6ccccc6c5nc5c4oc4ccccc45)c(-c4ccccc4)c3)n2)cc1. The molecular formula is C44H26N4O2. The van der Waals surface area contributed by atoms with E-state index in [4.69, 9.17) is 28.8 Å². The number of para-hydroxylation sites is 2. The molecule has 10 rings (SSSR count). The van der Waals surface area contributed by atoms with Gasteiger partial charge in [-0.15, -0.1) is 0 Å². The van der Waals surface area contributed by atoms with Gasteiger partial charge in [-0.25, -0.2) is 19.9 Å². The van der Waals surface area contributed by atoms with E-state index in [1.54, 1.807) is 0 Å². The number of hydrogen-bond donors (Lipinski definition) is 0. The zero-order chi connectivity index (χ0) is 33.0. The second kappa shape index (κ2) is 11.4. The lowest BCUT2D eigenvalue weighted by molar-refractivity contribution is 0.657. The van der Waals surface area contributed by atoms with E-state index in [1.165, 1.54) is 0 Å². The maximum Gasteiger partial charge on any atom is 0.165 e. The molecule has 0 amide bonds. The molecule has 0 spiro atoms. The van der Waals surface area contributed by atoms with Gasteiger partial charge in [0.15, 0.2) is 28.6 Å². The summed E-state index contributed by atoms with van der Waals surface area (Å²) in [6.45, 7) is 0. The Labute approximate surface area is 286 Å². The van der Waals surface area contributed by atoms with E-state index < -0.39 is 0 Å². The first-order chi connectivity index (χ1) is 24.8. The van der Waals surface area contributed by atoms with Crippen molar-refractivity contribution in [1.82, 2.24) is 19.9 Å². The molecule has 6 nitrogen and oxygen atoms in total. The van der Waals surface area contributed by atoms with Crippen LogP contribution in [0.2, 0.25) is 0 Å². The van der Waals surface area contributed by atoms with Crippen LogP contribution in [-0.2, 0) is 0 Å². The fourth-order valence-electron chi connectivity index (χ4n) is 6.78. The largest absolute Gasteiger partial charge is 0.454 e. The molecule has 10 aromatic rings. The fraction of sp³-hybridized carbons (Fsp3) is 0. The highest BCUT2D eigenvalue weighted by Gasteiger charge is 2.25. The number of aromatic nitrogens is 4. The third-order valence-electron chi connectivity index (χ3n) is 9.15. The van der Waals surface area contributed by atoms with Gasteiger partial charge in [-0.1, -0.05) is 127 Å². The molecule has 4 aromatic heterocycles. The molecule has 0 radical (unpaired) electrons. The minimum Gasteiger partial charge on any atom is -0.454 e. The first-order valence-electron chi connectivity index (χ1n) is 16.5. The lowest BCUT2D eigenvalue weighted by Crippen LogP contribution is -2.00. The number of pyridine rings is 1. The first-order valence-corrected chi connectivity index (χ1v) is 16.5. The summed E-state index contributed by atoms with van der Waals surface area (Å²) in [6.07, 6.45) is 0. The third kappa shape index (κ3) is 4.58. The Morgan fingerprint density at radius 3 is 1.30 bits per heavy atom. The quantitative estimate of drug-likeness (QED) is 0.186. The van der Waals surface area contributed by atoms with Crippen LogP contribution in [0, 0.1) is 0 Å². The molecule has 0 unspecified atom stereocenters. The molecule has 0 bridgehead atoms. The van der Waals surface area contributed by atoms with Crippen molar-refractivity contribution in [3.05, 3.63) is 158 Å². The van der Waals surface area contributed by atoms with E-state index in [-0.39, 0.29) is 0 Å². The Bertz CT molecular complexity index is 2720. The van der Waals surface area contributed by atoms with Gasteiger partial charge in [0.05, 0.1) is 5.56 Å². The van der Waals surface area contributed by atoms with Gasteiger partial charge in [0.1, 0.15) is 22.2 Å². The van der Waals surface area contributed by atoms with Crippen LogP contribution in [0.4, 0.5) is 0 Å². The van der Waals surface area contributed by atoms with Crippen molar-refractivity contribution in [2.24, 2.45) is 0 Å². The monoisotopic (exact) mass is 642 g/mol. The van der Waals surface area contributed by atoms with E-state index in [0.717, 1.165) is 71.9 Å². The predicted octanol–water partition coefficient (Wildman–Crippen LogP) is 11.4. The Hall–Kier alpha value is -6.92. The van der Waals surface area contributed by atoms with E-state index in [0.29, 0.717) is 28.6 Å². The molecule has 0 aliphatic carbocycles. The third-order valence-corrected chi connectivity index (χ3v) is 9.15. The Balaban J connectivity index is 1.27. The number of fused-ring (bicyclic) bond motifs is 6. The number of benzene rings is 6. The molecule has 234 valence electrons. The molecule has 0 saturated heterocycles. The summed E-state index contributed by atoms with van der Waals surface area (Å²) in [5.74, 6) is 1.81. The molecule has 0 fully saturated rings. The predicted molar refractivity (Wildman–Crippen MR) is 199 cm³/mol. The summed E-state index contributed by atoms with van der Waals surface area (Å²) in [5.41, 5.74) is 11.1. The van der Waals surface area contributed by atoms with Gasteiger partial charge in [-0.3, -0.25) is 0 Å². The summed E-state index contributed by atoms with van der Waals surface area (Å²) >= 11 is 0. The van der Waals surface area contributed by atoms with Crippen molar-refractivity contribution < 1.29 is 8.83 Å². The molecule has 50 heavy (non-hydrogen) atoms. The fourth-order valence-corrected chi connectivity index (χ4v) is 6.78. The number of nitrogens with zero attached hydrogens (tertiary/aromatic N) is 4. The maximum atomic E-state index is 6.62. The van der Waals surface area contributed by atoms with Crippen molar-refractivity contribution in [3.8, 4) is 56.4 Å². The van der Waals surface area contributed by atoms with Crippen molar-refractivity contribution in [2.75, 3.05) is 0 Å². The summed E-state index contributed by atoms with van der Waals surface area (Å²) in [7, 11) is 0. The number of hydrogen-bond acceptors (Lipinski definition) is 6. The van der Waals surface area contributed by atoms with Crippen molar-refractivity contribution in [2.45, 2.75) is 0 Å². The Morgan fingerprint density at radius 2 is 0.780 bits per heavy atom. The normalized spacial score (nSPS) is 11.6. The van der Waals surface area contributed by atoms with E-state index in [1.807, 2.05) is 103 Å². The first kappa shape index (κ1) is 28.1. The van der Waals surface area contributed by atoms with Gasteiger partial charge in [0.25, 0.3) is 0 Å². The van der Waals surface area contributed by atoms with Crippen LogP contribution >= 0.6 is 0 Å². The second-order valence-electron chi connectivity index (χ2n) is 12.2. The molecule has 0 aliphatic rings. The minimum atomic E-state index is 0.582. The maximum absolute atomic E-state index is 6.62. The zero-order valence-corrected chi connectivity index (χ0v) is 26.6. The van der Waals surface area contributed by atoms with Crippen molar-refractivity contribution in [3.63, 3.8) is 0 Å². The molecule has 0 saturated carbocycles. The minimum absolute atomic E-state index is 0.582. The highest BCUT2D eigenvalue weighted by Crippen LogP contribution is 2.46. The van der Waals surface area contributed by atoms with Gasteiger partial charge in [-0.2, -0.15) is 0 Å². The molecule has 6 aromatic carbocycles. The van der Waals surface area contributed by atoms with Crippen LogP contribution in [0.25, 0.3) is 101 Å². The zero-order valence-electron chi connectivity index (χ0n) is 26.6. The van der Waals surface area contributed by atoms with Gasteiger partial charge in [0, 0.05) is 27.5 Å². The van der Waals surface area contributed by atoms with Gasteiger partial charge < -0.3 is 8.83 Å². The lowest BCUT2D eigenvalue weighted by atomic mass is 9.91. The van der Waals surface area contributed by atoms with Crippen LogP contribution in [0.5, 0.6) is 0 Å². The van der Waals surface area contributed by atoms with Gasteiger partial charge in [-0.05, 0) is 47.0 Å². The van der Waals surface area contributed by atoms with Crippen LogP contribution in [0.15, 0.2) is 167 Å². The number of rotatable bonds is 5. The standard InChI is InChI=1S/C44H26N4O2/c1-4-14-27(15-5-1)34-26-30(44-47-42(28-16-6-2-7-17-28)46-43(48-44)29-18-8-3-9-19-29)24-25-31(34)37-40-38(32-20-10-12-22-35(32)49-40)45-39-33-21-11-13-23-36(33)50-41(37)39/h1-26H. The van der Waals surface area contributed by atoms with Crippen molar-refractivity contribution in [1.29, 1.82) is 0 Å². The topological polar surface area (TPSA) is 77.8 Å². The van der Waals surface area contributed by atoms with E-state index >= 15 is 0 Å². The molecule has 6 heteroatoms. The molecule has 0 atom stereocenters. The average molecular weight is 643 g/mol. The summed E-state index contributed by atoms with van der Waals surface area (Å²) in [5, 5.41) is 1.92. The number of furan rings is 2. The molecule has 4 heterocycles. The highest BCUT2D eigenvalue weighted by atomic mass is 16.3. The summed E-state index contributed by atoms with van der Waals surface area (Å²) < 4.78 is 13.2. The van der Waals surface area contributed by atoms with Crippen LogP contribution < -0.4 is 0 Å². The van der Waals surface area contributed by atoms with Crippen LogP contribution in [0.1, 0.15) is 0 Å². The summed E-state index contributed by atoms with van der Waals surface area (Å²) in [4.78, 5) is 20.1. The van der Waals surface area contributed by atoms with Crippen molar-refractivity contribution >= 4 is 44.1 Å². The smallest absolute Gasteiger partial charge is 0.165 e. The molecule has 0 aliphatic heterocycles. The van der Waals surface area contributed by atoms with Gasteiger partial charge >= 0.3 is 0 Å². The Morgan fingerprint density at radius 1 is 0.340 bits per heavy atom. The summed E-state index contributed by atoms with van der Waals surface area (Å²) in [6, 6.07) is 52.9. The average Bonchev–Trinajstić information content (AvgIpc) is 3.76.